The zero-order chi connectivity index (χ0) is 22.7. The lowest BCUT2D eigenvalue weighted by molar-refractivity contribution is 0.0972. The van der Waals surface area contributed by atoms with Crippen LogP contribution >= 0.6 is 8.60 Å². The molecule has 0 bridgehead atoms. The smallest absolute Gasteiger partial charge is 0.332 e. The van der Waals surface area contributed by atoms with Crippen LogP contribution in [-0.4, -0.2) is 38.8 Å². The van der Waals surface area contributed by atoms with Crippen LogP contribution in [0.5, 0.6) is 17.2 Å². The molecule has 0 saturated heterocycles. The monoisotopic (exact) mass is 447 g/mol. The Kier molecular flexibility index (Phi) is 7.18. The Bertz CT molecular complexity index is 1010. The van der Waals surface area contributed by atoms with Crippen molar-refractivity contribution in [1.82, 2.24) is 0 Å². The van der Waals surface area contributed by atoms with E-state index in [-0.39, 0.29) is 12.6 Å². The highest BCUT2D eigenvalue weighted by Gasteiger charge is 2.31. The standard InChI is InChI=1S/C22H26NO7P/c1-12-6-14(7-13(2)21(12)29-11-30-31(25)28-5)8-16-9-15-10-17(26-3)22(27-4)19(23)18(15)20(16)24/h6-8,10,25H,9,11,23H2,1-5H3/b16-8+. The molecule has 2 aromatic rings. The van der Waals surface area contributed by atoms with Gasteiger partial charge in [-0.1, -0.05) is 0 Å². The first-order valence-electron chi connectivity index (χ1n) is 9.49. The maximum atomic E-state index is 13.0. The fourth-order valence-corrected chi connectivity index (χ4v) is 3.97. The van der Waals surface area contributed by atoms with E-state index in [1.54, 1.807) is 6.07 Å². The Morgan fingerprint density at radius 3 is 2.35 bits per heavy atom. The lowest BCUT2D eigenvalue weighted by atomic mass is 10.0. The van der Waals surface area contributed by atoms with E-state index in [4.69, 9.17) is 24.5 Å². The van der Waals surface area contributed by atoms with Gasteiger partial charge in [-0.3, -0.25) is 9.32 Å². The van der Waals surface area contributed by atoms with Crippen molar-refractivity contribution in [2.45, 2.75) is 20.3 Å². The molecule has 3 N–H and O–H groups in total. The fraction of sp³-hybridized carbons (Fsp3) is 0.318. The Balaban J connectivity index is 1.87. The van der Waals surface area contributed by atoms with Gasteiger partial charge in [0, 0.05) is 19.1 Å². The molecule has 1 unspecified atom stereocenters. The van der Waals surface area contributed by atoms with Gasteiger partial charge in [-0.15, -0.1) is 0 Å². The number of hydrogen-bond acceptors (Lipinski definition) is 8. The first kappa shape index (κ1) is 23.0. The number of anilines is 1. The molecular formula is C22H26NO7P. The molecule has 0 aliphatic heterocycles. The number of methoxy groups -OCH3 is 2. The van der Waals surface area contributed by atoms with Crippen LogP contribution in [-0.2, 0) is 15.5 Å². The molecule has 1 atom stereocenters. The van der Waals surface area contributed by atoms with Gasteiger partial charge in [0.25, 0.3) is 0 Å². The fourth-order valence-electron chi connectivity index (χ4n) is 3.73. The second kappa shape index (κ2) is 9.66. The molecule has 8 nitrogen and oxygen atoms in total. The van der Waals surface area contributed by atoms with Crippen molar-refractivity contribution in [2.24, 2.45) is 0 Å². The van der Waals surface area contributed by atoms with Crippen molar-refractivity contribution in [3.05, 3.63) is 51.6 Å². The van der Waals surface area contributed by atoms with Crippen LogP contribution in [0.3, 0.4) is 0 Å². The average molecular weight is 447 g/mol. The highest BCUT2D eigenvalue weighted by Crippen LogP contribution is 2.43. The summed E-state index contributed by atoms with van der Waals surface area (Å²) in [4.78, 5) is 22.4. The van der Waals surface area contributed by atoms with Crippen LogP contribution in [0.2, 0.25) is 0 Å². The SMILES string of the molecule is COc1cc2c(c(N)c1OC)C(=O)/C(=C/c1cc(C)c(OCOP(O)OC)c(C)c1)C2. The molecule has 1 aliphatic carbocycles. The first-order chi connectivity index (χ1) is 14.8. The van der Waals surface area contributed by atoms with E-state index in [9.17, 15) is 9.69 Å². The van der Waals surface area contributed by atoms with Gasteiger partial charge in [0.05, 0.1) is 25.5 Å². The third-order valence-electron chi connectivity index (χ3n) is 5.03. The van der Waals surface area contributed by atoms with Gasteiger partial charge < -0.3 is 29.4 Å². The Labute approximate surface area is 182 Å². The summed E-state index contributed by atoms with van der Waals surface area (Å²) in [5, 5.41) is 0. The predicted octanol–water partition coefficient (Wildman–Crippen LogP) is 3.94. The summed E-state index contributed by atoms with van der Waals surface area (Å²) in [5.74, 6) is 1.41. The largest absolute Gasteiger partial charge is 0.493 e. The third-order valence-corrected chi connectivity index (χ3v) is 5.67. The number of ether oxygens (including phenoxy) is 3. The van der Waals surface area contributed by atoms with Gasteiger partial charge >= 0.3 is 8.60 Å². The number of fused-ring (bicyclic) bond motifs is 1. The van der Waals surface area contributed by atoms with Crippen LogP contribution in [0, 0.1) is 13.8 Å². The summed E-state index contributed by atoms with van der Waals surface area (Å²) in [5.41, 5.74) is 11.0. The molecule has 3 rings (SSSR count). The van der Waals surface area contributed by atoms with E-state index in [1.165, 1.54) is 21.3 Å². The number of ketones is 1. The Hall–Kier alpha value is -2.64. The highest BCUT2D eigenvalue weighted by molar-refractivity contribution is 7.40. The summed E-state index contributed by atoms with van der Waals surface area (Å²) in [7, 11) is 2.44. The number of rotatable bonds is 8. The minimum Gasteiger partial charge on any atom is -0.493 e. The maximum Gasteiger partial charge on any atom is 0.332 e. The minimum atomic E-state index is -1.95. The molecule has 1 aliphatic rings. The van der Waals surface area contributed by atoms with Crippen LogP contribution in [0.15, 0.2) is 23.8 Å². The zero-order valence-electron chi connectivity index (χ0n) is 18.1. The molecule has 0 aromatic heterocycles. The summed E-state index contributed by atoms with van der Waals surface area (Å²) in [6.07, 6.45) is 2.32. The van der Waals surface area contributed by atoms with Gasteiger partial charge in [0.15, 0.2) is 24.1 Å². The third kappa shape index (κ3) is 4.67. The van der Waals surface area contributed by atoms with E-state index < -0.39 is 8.60 Å². The molecule has 2 aromatic carbocycles. The predicted molar refractivity (Wildman–Crippen MR) is 119 cm³/mol. The lowest BCUT2D eigenvalue weighted by Gasteiger charge is -2.14. The summed E-state index contributed by atoms with van der Waals surface area (Å²) >= 11 is 0. The van der Waals surface area contributed by atoms with Gasteiger partial charge in [-0.25, -0.2) is 0 Å². The topological polar surface area (TPSA) is 109 Å². The molecule has 0 radical (unpaired) electrons. The van der Waals surface area contributed by atoms with Gasteiger partial charge in [-0.2, -0.15) is 0 Å². The number of aryl methyl sites for hydroxylation is 2. The molecule has 9 heteroatoms. The number of Topliss-reactive ketones (excluding diaryl/α,β-unsaturated/α-hetero) is 1. The van der Waals surface area contributed by atoms with Gasteiger partial charge in [0.1, 0.15) is 5.75 Å². The normalized spacial score (nSPS) is 15.2. The van der Waals surface area contributed by atoms with Crippen molar-refractivity contribution in [2.75, 3.05) is 33.9 Å². The van der Waals surface area contributed by atoms with E-state index >= 15 is 0 Å². The van der Waals surface area contributed by atoms with E-state index in [2.05, 4.69) is 4.52 Å². The van der Waals surface area contributed by atoms with Crippen LogP contribution in [0.1, 0.15) is 32.6 Å². The number of hydrogen-bond donors (Lipinski definition) is 2. The molecule has 0 amide bonds. The number of allylic oxidation sites excluding steroid dienone is 1. The second-order valence-corrected chi connectivity index (χ2v) is 8.13. The van der Waals surface area contributed by atoms with E-state index in [1.807, 2.05) is 32.1 Å². The summed E-state index contributed by atoms with van der Waals surface area (Å²) in [6.45, 7) is 3.68. The van der Waals surface area contributed by atoms with Crippen LogP contribution in [0.25, 0.3) is 6.08 Å². The molecule has 31 heavy (non-hydrogen) atoms. The van der Waals surface area contributed by atoms with Crippen LogP contribution < -0.4 is 19.9 Å². The zero-order valence-corrected chi connectivity index (χ0v) is 19.0. The molecule has 0 spiro atoms. The first-order valence-corrected chi connectivity index (χ1v) is 10.6. The van der Waals surface area contributed by atoms with Gasteiger partial charge in [0.2, 0.25) is 0 Å². The van der Waals surface area contributed by atoms with Crippen molar-refractivity contribution in [1.29, 1.82) is 0 Å². The quantitative estimate of drug-likeness (QED) is 0.271. The van der Waals surface area contributed by atoms with Crippen molar-refractivity contribution in [3.63, 3.8) is 0 Å². The lowest BCUT2D eigenvalue weighted by Crippen LogP contribution is -2.05. The summed E-state index contributed by atoms with van der Waals surface area (Å²) in [6, 6.07) is 5.65. The van der Waals surface area contributed by atoms with Crippen molar-refractivity contribution < 1.29 is 32.9 Å². The maximum absolute atomic E-state index is 13.0. The Morgan fingerprint density at radius 2 is 1.77 bits per heavy atom. The number of nitrogen functional groups attached to an aromatic ring is 1. The highest BCUT2D eigenvalue weighted by atomic mass is 31.2. The van der Waals surface area contributed by atoms with Crippen LogP contribution in [0.4, 0.5) is 5.69 Å². The number of benzene rings is 2. The molecule has 0 fully saturated rings. The second-order valence-electron chi connectivity index (χ2n) is 7.03. The average Bonchev–Trinajstić information content (AvgIpc) is 3.04. The molecular weight excluding hydrogens is 421 g/mol. The molecule has 0 saturated carbocycles. The number of nitrogens with two attached hydrogens (primary N) is 1. The molecule has 166 valence electrons. The van der Waals surface area contributed by atoms with Gasteiger partial charge in [-0.05, 0) is 60.4 Å². The molecule has 0 heterocycles. The summed E-state index contributed by atoms with van der Waals surface area (Å²) < 4.78 is 26.0. The van der Waals surface area contributed by atoms with E-state index in [0.717, 1.165) is 22.3 Å². The van der Waals surface area contributed by atoms with Crippen molar-refractivity contribution in [3.8, 4) is 17.2 Å². The number of carbonyl (C=O) groups is 1. The number of carbonyl (C=O) groups excluding carboxylic acids is 1. The van der Waals surface area contributed by atoms with E-state index in [0.29, 0.717) is 40.5 Å². The van der Waals surface area contributed by atoms with Crippen molar-refractivity contribution >= 4 is 26.1 Å². The minimum absolute atomic E-state index is 0.117. The Morgan fingerprint density at radius 1 is 1.10 bits per heavy atom.